The SMILES string of the molecule is CCCCCOc1cccc([C@H]2C(=C(O)c3ccc4c(c3)OCCO4)C(=O)C(=O)N2Cc2ccco2)c1. The Morgan fingerprint density at radius 1 is 1.03 bits per heavy atom. The number of Topliss-reactive ketones (excluding diaryl/α,β-unsaturated/α-hetero) is 1. The van der Waals surface area contributed by atoms with Gasteiger partial charge in [0.05, 0.1) is 31.0 Å². The maximum absolute atomic E-state index is 13.3. The second kappa shape index (κ2) is 10.8. The normalized spacial score (nSPS) is 18.3. The van der Waals surface area contributed by atoms with Crippen LogP contribution in [0.15, 0.2) is 70.9 Å². The molecule has 1 fully saturated rings. The highest BCUT2D eigenvalue weighted by atomic mass is 16.6. The van der Waals surface area contributed by atoms with E-state index in [1.54, 1.807) is 30.3 Å². The number of aliphatic hydroxyl groups excluding tert-OH is 1. The highest BCUT2D eigenvalue weighted by Crippen LogP contribution is 2.42. The van der Waals surface area contributed by atoms with Crippen LogP contribution < -0.4 is 14.2 Å². The predicted molar refractivity (Wildman–Crippen MR) is 135 cm³/mol. The van der Waals surface area contributed by atoms with Crippen LogP contribution in [-0.4, -0.2) is 41.5 Å². The molecule has 2 aromatic carbocycles. The minimum Gasteiger partial charge on any atom is -0.507 e. The van der Waals surface area contributed by atoms with Crippen LogP contribution in [0.3, 0.4) is 0 Å². The first-order valence-corrected chi connectivity index (χ1v) is 12.5. The summed E-state index contributed by atoms with van der Waals surface area (Å²) in [5.74, 6) is 0.434. The Kier molecular flexibility index (Phi) is 7.16. The molecule has 2 aliphatic heterocycles. The molecule has 37 heavy (non-hydrogen) atoms. The molecule has 1 aromatic heterocycles. The van der Waals surface area contributed by atoms with Gasteiger partial charge in [0.1, 0.15) is 30.5 Å². The third-order valence-corrected chi connectivity index (χ3v) is 6.45. The molecule has 0 saturated carbocycles. The summed E-state index contributed by atoms with van der Waals surface area (Å²) < 4.78 is 22.6. The van der Waals surface area contributed by atoms with E-state index in [0.29, 0.717) is 54.0 Å². The average molecular weight is 504 g/mol. The lowest BCUT2D eigenvalue weighted by Crippen LogP contribution is -2.29. The van der Waals surface area contributed by atoms with Gasteiger partial charge < -0.3 is 28.6 Å². The Morgan fingerprint density at radius 3 is 2.65 bits per heavy atom. The van der Waals surface area contributed by atoms with Gasteiger partial charge in [-0.2, -0.15) is 0 Å². The minimum atomic E-state index is -0.836. The molecule has 3 aromatic rings. The molecule has 5 rings (SSSR count). The molecule has 1 amide bonds. The Hall–Kier alpha value is -4.20. The zero-order chi connectivity index (χ0) is 25.8. The Labute approximate surface area is 215 Å². The molecular weight excluding hydrogens is 474 g/mol. The van der Waals surface area contributed by atoms with Gasteiger partial charge in [0.15, 0.2) is 11.5 Å². The van der Waals surface area contributed by atoms with Gasteiger partial charge in [-0.05, 0) is 54.4 Å². The van der Waals surface area contributed by atoms with Crippen molar-refractivity contribution in [2.24, 2.45) is 0 Å². The third kappa shape index (κ3) is 5.05. The number of likely N-dealkylation sites (tertiary alicyclic amines) is 1. The van der Waals surface area contributed by atoms with Crippen LogP contribution in [0.5, 0.6) is 17.2 Å². The number of ketones is 1. The summed E-state index contributed by atoms with van der Waals surface area (Å²) in [5, 5.41) is 11.4. The lowest BCUT2D eigenvalue weighted by atomic mass is 9.95. The Bertz CT molecular complexity index is 1310. The van der Waals surface area contributed by atoms with E-state index in [4.69, 9.17) is 18.6 Å². The molecular formula is C29H29NO7. The van der Waals surface area contributed by atoms with E-state index in [1.165, 1.54) is 11.2 Å². The number of fused-ring (bicyclic) bond motifs is 1. The van der Waals surface area contributed by atoms with Crippen molar-refractivity contribution in [2.45, 2.75) is 38.8 Å². The summed E-state index contributed by atoms with van der Waals surface area (Å²) in [7, 11) is 0. The lowest BCUT2D eigenvalue weighted by molar-refractivity contribution is -0.140. The number of furan rings is 1. The van der Waals surface area contributed by atoms with Crippen molar-refractivity contribution in [2.75, 3.05) is 19.8 Å². The van der Waals surface area contributed by atoms with E-state index >= 15 is 0 Å². The standard InChI is InChI=1S/C29H29NO7/c1-2-3-4-12-34-21-8-5-7-19(16-21)26-25(28(32)29(33)30(26)18-22-9-6-13-35-22)27(31)20-10-11-23-24(17-20)37-15-14-36-23/h5-11,13,16-17,26,31H,2-4,12,14-15,18H2,1H3/t26-/m0/s1. The van der Waals surface area contributed by atoms with Gasteiger partial charge in [0.25, 0.3) is 11.7 Å². The van der Waals surface area contributed by atoms with Crippen LogP contribution in [-0.2, 0) is 16.1 Å². The van der Waals surface area contributed by atoms with Gasteiger partial charge in [0, 0.05) is 5.56 Å². The van der Waals surface area contributed by atoms with Crippen molar-refractivity contribution in [1.82, 2.24) is 4.90 Å². The van der Waals surface area contributed by atoms with E-state index in [0.717, 1.165) is 19.3 Å². The number of carbonyl (C=O) groups excluding carboxylic acids is 2. The van der Waals surface area contributed by atoms with Crippen LogP contribution in [0.2, 0.25) is 0 Å². The van der Waals surface area contributed by atoms with E-state index in [2.05, 4.69) is 6.92 Å². The molecule has 192 valence electrons. The first kappa shape index (κ1) is 24.5. The summed E-state index contributed by atoms with van der Waals surface area (Å²) in [5.41, 5.74) is 1.01. The van der Waals surface area contributed by atoms with E-state index in [1.807, 2.05) is 24.3 Å². The van der Waals surface area contributed by atoms with Crippen molar-refractivity contribution in [1.29, 1.82) is 0 Å². The highest BCUT2D eigenvalue weighted by Gasteiger charge is 2.46. The fraction of sp³-hybridized carbons (Fsp3) is 0.310. The summed E-state index contributed by atoms with van der Waals surface area (Å²) in [4.78, 5) is 28.0. The number of aliphatic hydroxyl groups is 1. The summed E-state index contributed by atoms with van der Waals surface area (Å²) in [6.45, 7) is 3.59. The van der Waals surface area contributed by atoms with Gasteiger partial charge in [-0.3, -0.25) is 9.59 Å². The average Bonchev–Trinajstić information content (AvgIpc) is 3.53. The quantitative estimate of drug-likeness (QED) is 0.184. The molecule has 1 saturated heterocycles. The smallest absolute Gasteiger partial charge is 0.296 e. The van der Waals surface area contributed by atoms with Crippen molar-refractivity contribution in [3.05, 3.63) is 83.3 Å². The van der Waals surface area contributed by atoms with Gasteiger partial charge >= 0.3 is 0 Å². The van der Waals surface area contributed by atoms with Crippen LogP contribution in [0, 0.1) is 0 Å². The molecule has 0 radical (unpaired) electrons. The zero-order valence-electron chi connectivity index (χ0n) is 20.6. The first-order valence-electron chi connectivity index (χ1n) is 12.5. The maximum atomic E-state index is 13.3. The molecule has 1 N–H and O–H groups in total. The third-order valence-electron chi connectivity index (χ3n) is 6.45. The first-order chi connectivity index (χ1) is 18.1. The van der Waals surface area contributed by atoms with Gasteiger partial charge in [-0.1, -0.05) is 31.9 Å². The molecule has 3 heterocycles. The minimum absolute atomic E-state index is 0.00336. The molecule has 1 atom stereocenters. The number of ether oxygens (including phenoxy) is 3. The fourth-order valence-corrected chi connectivity index (χ4v) is 4.62. The number of nitrogens with zero attached hydrogens (tertiary/aromatic N) is 1. The lowest BCUT2D eigenvalue weighted by Gasteiger charge is -2.25. The largest absolute Gasteiger partial charge is 0.507 e. The van der Waals surface area contributed by atoms with Crippen LogP contribution in [0.25, 0.3) is 5.76 Å². The number of hydrogen-bond acceptors (Lipinski definition) is 7. The van der Waals surface area contributed by atoms with Crippen molar-refractivity contribution < 1.29 is 33.3 Å². The second-order valence-electron chi connectivity index (χ2n) is 8.99. The predicted octanol–water partition coefficient (Wildman–Crippen LogP) is 5.24. The van der Waals surface area contributed by atoms with E-state index in [-0.39, 0.29) is 17.9 Å². The van der Waals surface area contributed by atoms with Crippen molar-refractivity contribution in [3.8, 4) is 17.2 Å². The summed E-state index contributed by atoms with van der Waals surface area (Å²) >= 11 is 0. The highest BCUT2D eigenvalue weighted by molar-refractivity contribution is 6.46. The molecule has 0 bridgehead atoms. The van der Waals surface area contributed by atoms with Crippen LogP contribution >= 0.6 is 0 Å². The molecule has 0 unspecified atom stereocenters. The van der Waals surface area contributed by atoms with E-state index < -0.39 is 17.7 Å². The molecule has 0 spiro atoms. The number of amides is 1. The fourth-order valence-electron chi connectivity index (χ4n) is 4.62. The maximum Gasteiger partial charge on any atom is 0.296 e. The molecule has 2 aliphatic rings. The zero-order valence-corrected chi connectivity index (χ0v) is 20.6. The van der Waals surface area contributed by atoms with Gasteiger partial charge in [-0.15, -0.1) is 0 Å². The monoisotopic (exact) mass is 503 g/mol. The number of unbranched alkanes of at least 4 members (excludes halogenated alkanes) is 2. The Balaban J connectivity index is 1.56. The molecule has 8 heteroatoms. The van der Waals surface area contributed by atoms with Crippen LogP contribution in [0.1, 0.15) is 49.1 Å². The number of benzene rings is 2. The Morgan fingerprint density at radius 2 is 1.86 bits per heavy atom. The van der Waals surface area contributed by atoms with Gasteiger partial charge in [-0.25, -0.2) is 0 Å². The molecule has 0 aliphatic carbocycles. The second-order valence-corrected chi connectivity index (χ2v) is 8.99. The number of hydrogen-bond donors (Lipinski definition) is 1. The summed E-state index contributed by atoms with van der Waals surface area (Å²) in [6, 6.07) is 14.9. The number of rotatable bonds is 9. The van der Waals surface area contributed by atoms with Crippen molar-refractivity contribution >= 4 is 17.4 Å². The topological polar surface area (TPSA) is 98.4 Å². The summed E-state index contributed by atoms with van der Waals surface area (Å²) in [6.07, 6.45) is 4.60. The van der Waals surface area contributed by atoms with Crippen LogP contribution in [0.4, 0.5) is 0 Å². The van der Waals surface area contributed by atoms with Crippen molar-refractivity contribution in [3.63, 3.8) is 0 Å². The van der Waals surface area contributed by atoms with Gasteiger partial charge in [0.2, 0.25) is 0 Å². The molecule has 8 nitrogen and oxygen atoms in total. The number of carbonyl (C=O) groups is 2. The van der Waals surface area contributed by atoms with E-state index in [9.17, 15) is 14.7 Å².